The molecule has 0 bridgehead atoms. The van der Waals surface area contributed by atoms with Gasteiger partial charge in [-0.05, 0) is 24.1 Å². The fraction of sp³-hybridized carbons (Fsp3) is 0.357. The van der Waals surface area contributed by atoms with Gasteiger partial charge in [0, 0.05) is 12.8 Å². The highest BCUT2D eigenvalue weighted by Crippen LogP contribution is 2.21. The first-order valence-electron chi connectivity index (χ1n) is 6.55. The van der Waals surface area contributed by atoms with Crippen LogP contribution in [-0.4, -0.2) is 29.2 Å². The van der Waals surface area contributed by atoms with E-state index < -0.39 is 11.7 Å². The van der Waals surface area contributed by atoms with Crippen molar-refractivity contribution in [1.29, 1.82) is 0 Å². The second kappa shape index (κ2) is 5.90. The summed E-state index contributed by atoms with van der Waals surface area (Å²) < 4.78 is 12.9. The number of amides is 3. The van der Waals surface area contributed by atoms with Gasteiger partial charge in [-0.15, -0.1) is 0 Å². The van der Waals surface area contributed by atoms with E-state index in [0.29, 0.717) is 0 Å². The zero-order valence-electron chi connectivity index (χ0n) is 11.6. The van der Waals surface area contributed by atoms with Crippen molar-refractivity contribution in [2.75, 3.05) is 17.6 Å². The number of carbonyl (C=O) groups is 3. The second-order valence-corrected chi connectivity index (χ2v) is 5.17. The third-order valence-corrected chi connectivity index (χ3v) is 3.24. The first kappa shape index (κ1) is 15.0. The summed E-state index contributed by atoms with van der Waals surface area (Å²) in [7, 11) is 0. The lowest BCUT2D eigenvalue weighted by Crippen LogP contribution is -2.46. The van der Waals surface area contributed by atoms with Gasteiger partial charge in [-0.3, -0.25) is 19.3 Å². The van der Waals surface area contributed by atoms with E-state index in [9.17, 15) is 18.8 Å². The Hall–Kier alpha value is -2.44. The molecule has 2 rings (SSSR count). The lowest BCUT2D eigenvalue weighted by atomic mass is 9.98. The molecular formula is C14H16FN3O3. The molecule has 112 valence electrons. The van der Waals surface area contributed by atoms with Crippen molar-refractivity contribution in [3.63, 3.8) is 0 Å². The van der Waals surface area contributed by atoms with Crippen LogP contribution in [0.3, 0.4) is 0 Å². The van der Waals surface area contributed by atoms with Crippen LogP contribution >= 0.6 is 0 Å². The van der Waals surface area contributed by atoms with Crippen LogP contribution in [0.4, 0.5) is 15.8 Å². The molecule has 3 amide bonds. The summed E-state index contributed by atoms with van der Waals surface area (Å²) >= 11 is 0. The highest BCUT2D eigenvalue weighted by atomic mass is 19.1. The fourth-order valence-corrected chi connectivity index (χ4v) is 2.18. The lowest BCUT2D eigenvalue weighted by molar-refractivity contribution is -0.151. The molecule has 1 fully saturated rings. The molecule has 1 heterocycles. The molecule has 1 aromatic rings. The first-order chi connectivity index (χ1) is 9.86. The maximum atomic E-state index is 12.9. The average Bonchev–Trinajstić information content (AvgIpc) is 2.37. The molecule has 1 aliphatic rings. The van der Waals surface area contributed by atoms with Crippen molar-refractivity contribution < 1.29 is 18.8 Å². The van der Waals surface area contributed by atoms with E-state index >= 15 is 0 Å². The molecule has 0 radical (unpaired) electrons. The van der Waals surface area contributed by atoms with E-state index in [4.69, 9.17) is 5.73 Å². The van der Waals surface area contributed by atoms with E-state index in [1.54, 1.807) is 0 Å². The van der Waals surface area contributed by atoms with Crippen LogP contribution in [0.2, 0.25) is 0 Å². The Bertz CT molecular complexity index is 585. The Morgan fingerprint density at radius 2 is 2.00 bits per heavy atom. The van der Waals surface area contributed by atoms with E-state index in [1.165, 1.54) is 6.07 Å². The Balaban J connectivity index is 2.01. The third kappa shape index (κ3) is 3.56. The molecule has 21 heavy (non-hydrogen) atoms. The number of imide groups is 1. The van der Waals surface area contributed by atoms with Crippen molar-refractivity contribution in [2.45, 2.75) is 19.8 Å². The van der Waals surface area contributed by atoms with Gasteiger partial charge in [-0.1, -0.05) is 6.92 Å². The highest BCUT2D eigenvalue weighted by Gasteiger charge is 2.31. The van der Waals surface area contributed by atoms with Gasteiger partial charge in [-0.25, -0.2) is 4.39 Å². The molecule has 0 unspecified atom stereocenters. The SMILES string of the molecule is CC1CC(=O)N(CC(=O)Nc2ccc(F)cc2N)C(=O)C1. The number of nitrogens with one attached hydrogen (secondary N) is 1. The number of halogens is 1. The molecule has 1 saturated heterocycles. The van der Waals surface area contributed by atoms with Crippen molar-refractivity contribution in [3.8, 4) is 0 Å². The van der Waals surface area contributed by atoms with Gasteiger partial charge in [0.05, 0.1) is 11.4 Å². The zero-order valence-corrected chi connectivity index (χ0v) is 11.6. The molecule has 7 heteroatoms. The largest absolute Gasteiger partial charge is 0.397 e. The standard InChI is InChI=1S/C14H16FN3O3/c1-8-4-13(20)18(14(21)5-8)7-12(19)17-11-3-2-9(15)6-10(11)16/h2-3,6,8H,4-5,7,16H2,1H3,(H,17,19). The molecule has 0 spiro atoms. The summed E-state index contributed by atoms with van der Waals surface area (Å²) in [5.41, 5.74) is 5.89. The molecular weight excluding hydrogens is 277 g/mol. The topological polar surface area (TPSA) is 92.5 Å². The summed E-state index contributed by atoms with van der Waals surface area (Å²) in [6, 6.07) is 3.56. The number of anilines is 2. The van der Waals surface area contributed by atoms with Crippen molar-refractivity contribution in [2.24, 2.45) is 5.92 Å². The van der Waals surface area contributed by atoms with Gasteiger partial charge in [0.1, 0.15) is 12.4 Å². The number of benzene rings is 1. The number of piperidine rings is 1. The van der Waals surface area contributed by atoms with Gasteiger partial charge in [0.15, 0.2) is 0 Å². The van der Waals surface area contributed by atoms with Gasteiger partial charge < -0.3 is 11.1 Å². The number of likely N-dealkylation sites (tertiary alicyclic amines) is 1. The van der Waals surface area contributed by atoms with Crippen LogP contribution in [0.15, 0.2) is 18.2 Å². The Morgan fingerprint density at radius 1 is 1.38 bits per heavy atom. The second-order valence-electron chi connectivity index (χ2n) is 5.17. The van der Waals surface area contributed by atoms with Crippen molar-refractivity contribution in [3.05, 3.63) is 24.0 Å². The van der Waals surface area contributed by atoms with Crippen molar-refractivity contribution in [1.82, 2.24) is 4.90 Å². The molecule has 0 saturated carbocycles. The maximum Gasteiger partial charge on any atom is 0.244 e. The summed E-state index contributed by atoms with van der Waals surface area (Å²) in [6.07, 6.45) is 0.495. The van der Waals surface area contributed by atoms with Gasteiger partial charge in [-0.2, -0.15) is 0 Å². The predicted octanol–water partition coefficient (Wildman–Crippen LogP) is 1.13. The number of hydrogen-bond donors (Lipinski definition) is 2. The van der Waals surface area contributed by atoms with Gasteiger partial charge in [0.25, 0.3) is 0 Å². The number of nitrogens with two attached hydrogens (primary N) is 1. The predicted molar refractivity (Wildman–Crippen MR) is 74.6 cm³/mol. The van der Waals surface area contributed by atoms with Gasteiger partial charge >= 0.3 is 0 Å². The minimum absolute atomic E-state index is 0.00273. The normalized spacial score (nSPS) is 16.2. The van der Waals surface area contributed by atoms with E-state index in [-0.39, 0.29) is 48.5 Å². The Labute approximate surface area is 121 Å². The average molecular weight is 293 g/mol. The number of rotatable bonds is 3. The van der Waals surface area contributed by atoms with Crippen LogP contribution in [0.25, 0.3) is 0 Å². The molecule has 6 nitrogen and oxygen atoms in total. The minimum Gasteiger partial charge on any atom is -0.397 e. The third-order valence-electron chi connectivity index (χ3n) is 3.24. The lowest BCUT2D eigenvalue weighted by Gasteiger charge is -2.27. The quantitative estimate of drug-likeness (QED) is 0.645. The molecule has 0 aromatic heterocycles. The molecule has 0 aliphatic carbocycles. The number of nitrogen functional groups attached to an aromatic ring is 1. The van der Waals surface area contributed by atoms with Crippen LogP contribution < -0.4 is 11.1 Å². The van der Waals surface area contributed by atoms with Crippen LogP contribution in [0, 0.1) is 11.7 Å². The molecule has 1 aliphatic heterocycles. The van der Waals surface area contributed by atoms with E-state index in [1.807, 2.05) is 6.92 Å². The van der Waals surface area contributed by atoms with Gasteiger partial charge in [0.2, 0.25) is 17.7 Å². The Kier molecular flexibility index (Phi) is 4.21. The fourth-order valence-electron chi connectivity index (χ4n) is 2.18. The summed E-state index contributed by atoms with van der Waals surface area (Å²) in [4.78, 5) is 36.4. The van der Waals surface area contributed by atoms with Crippen LogP contribution in [-0.2, 0) is 14.4 Å². The van der Waals surface area contributed by atoms with E-state index in [0.717, 1.165) is 17.0 Å². The first-order valence-corrected chi connectivity index (χ1v) is 6.55. The summed E-state index contributed by atoms with van der Waals surface area (Å²) in [6.45, 7) is 1.45. The van der Waals surface area contributed by atoms with E-state index in [2.05, 4.69) is 5.32 Å². The molecule has 1 aromatic carbocycles. The monoisotopic (exact) mass is 293 g/mol. The molecule has 0 atom stereocenters. The number of nitrogens with zero attached hydrogens (tertiary/aromatic N) is 1. The Morgan fingerprint density at radius 3 is 2.57 bits per heavy atom. The number of hydrogen-bond acceptors (Lipinski definition) is 4. The highest BCUT2D eigenvalue weighted by molar-refractivity contribution is 6.04. The smallest absolute Gasteiger partial charge is 0.244 e. The minimum atomic E-state index is -0.551. The summed E-state index contributed by atoms with van der Waals surface area (Å²) in [5.74, 6) is -1.79. The van der Waals surface area contributed by atoms with Crippen molar-refractivity contribution >= 4 is 29.1 Å². The zero-order chi connectivity index (χ0) is 15.6. The van der Waals surface area contributed by atoms with Crippen LogP contribution in [0.1, 0.15) is 19.8 Å². The number of carbonyl (C=O) groups excluding carboxylic acids is 3. The van der Waals surface area contributed by atoms with Crippen LogP contribution in [0.5, 0.6) is 0 Å². The molecule has 3 N–H and O–H groups in total. The maximum absolute atomic E-state index is 12.9. The summed E-state index contributed by atoms with van der Waals surface area (Å²) in [5, 5.41) is 2.46.